The number of nitrogens with one attached hydrogen (secondary N) is 2. The van der Waals surface area contributed by atoms with Crippen molar-refractivity contribution in [3.63, 3.8) is 0 Å². The summed E-state index contributed by atoms with van der Waals surface area (Å²) in [7, 11) is 0. The largest absolute Gasteiger partial charge is 0.485 e. The van der Waals surface area contributed by atoms with E-state index < -0.39 is 5.91 Å². The van der Waals surface area contributed by atoms with Crippen LogP contribution >= 0.6 is 0 Å². The molecule has 1 atom stereocenters. The number of benzene rings is 1. The third-order valence-corrected chi connectivity index (χ3v) is 3.72. The van der Waals surface area contributed by atoms with Gasteiger partial charge in [0.25, 0.3) is 0 Å². The molecule has 0 spiro atoms. The summed E-state index contributed by atoms with van der Waals surface area (Å²) in [5, 5.41) is 9.11. The molecular weight excluding hydrogens is 340 g/mol. The lowest BCUT2D eigenvalue weighted by Gasteiger charge is -2.08. The zero-order valence-corrected chi connectivity index (χ0v) is 14.4. The normalized spacial score (nSPS) is 16.3. The second kappa shape index (κ2) is 8.43. The van der Waals surface area contributed by atoms with Gasteiger partial charge < -0.3 is 24.6 Å². The van der Waals surface area contributed by atoms with Gasteiger partial charge >= 0.3 is 11.8 Å². The number of hydrogen-bond acceptors (Lipinski definition) is 7. The summed E-state index contributed by atoms with van der Waals surface area (Å²) in [4.78, 5) is 27.0. The highest BCUT2D eigenvalue weighted by Crippen LogP contribution is 2.16. The molecule has 3 rings (SSSR count). The summed E-state index contributed by atoms with van der Waals surface area (Å²) in [6.07, 6.45) is 1.99. The molecule has 2 heterocycles. The van der Waals surface area contributed by atoms with Crippen LogP contribution in [-0.2, 0) is 16.1 Å². The third-order valence-electron chi connectivity index (χ3n) is 3.72. The van der Waals surface area contributed by atoms with E-state index in [1.165, 1.54) is 6.92 Å². The number of carbonyl (C=O) groups is 2. The Labute approximate surface area is 150 Å². The van der Waals surface area contributed by atoms with Crippen molar-refractivity contribution in [1.29, 1.82) is 0 Å². The molecule has 9 nitrogen and oxygen atoms in total. The number of ether oxygens (including phenoxy) is 2. The minimum absolute atomic E-state index is 0.0464. The molecule has 26 heavy (non-hydrogen) atoms. The van der Waals surface area contributed by atoms with E-state index in [1.54, 1.807) is 24.3 Å². The number of carbonyl (C=O) groups excluding carboxylic acids is 2. The molecule has 0 aliphatic carbocycles. The first-order chi connectivity index (χ1) is 12.6. The van der Waals surface area contributed by atoms with E-state index in [0.29, 0.717) is 18.0 Å². The van der Waals surface area contributed by atoms with Crippen LogP contribution in [-0.4, -0.2) is 41.2 Å². The molecule has 2 amide bonds. The lowest BCUT2D eigenvalue weighted by Crippen LogP contribution is -2.31. The maximum atomic E-state index is 12.0. The Morgan fingerprint density at radius 2 is 2.12 bits per heavy atom. The van der Waals surface area contributed by atoms with E-state index in [-0.39, 0.29) is 30.3 Å². The van der Waals surface area contributed by atoms with Gasteiger partial charge in [0.1, 0.15) is 5.75 Å². The first-order valence-corrected chi connectivity index (χ1v) is 8.33. The minimum atomic E-state index is -0.432. The van der Waals surface area contributed by atoms with Crippen LogP contribution in [0, 0.1) is 0 Å². The van der Waals surface area contributed by atoms with Gasteiger partial charge in [-0.2, -0.15) is 4.98 Å². The Morgan fingerprint density at radius 3 is 2.81 bits per heavy atom. The molecule has 1 aromatic heterocycles. The highest BCUT2D eigenvalue weighted by Gasteiger charge is 2.19. The molecule has 1 aliphatic heterocycles. The fraction of sp³-hybridized carbons (Fsp3) is 0.412. The molecule has 1 fully saturated rings. The van der Waals surface area contributed by atoms with E-state index in [0.717, 1.165) is 19.4 Å². The summed E-state index contributed by atoms with van der Waals surface area (Å²) in [5.74, 6) is 0.156. The molecule has 0 unspecified atom stereocenters. The van der Waals surface area contributed by atoms with E-state index in [1.807, 2.05) is 0 Å². The predicted molar refractivity (Wildman–Crippen MR) is 90.7 cm³/mol. The third kappa shape index (κ3) is 5.03. The Balaban J connectivity index is 1.47. The number of anilines is 1. The summed E-state index contributed by atoms with van der Waals surface area (Å²) in [5.41, 5.74) is 0.676. The molecule has 0 bridgehead atoms. The van der Waals surface area contributed by atoms with Crippen molar-refractivity contribution in [3.8, 4) is 5.75 Å². The lowest BCUT2D eigenvalue weighted by atomic mass is 10.2. The molecule has 2 aromatic rings. The van der Waals surface area contributed by atoms with Crippen molar-refractivity contribution in [1.82, 2.24) is 15.5 Å². The topological polar surface area (TPSA) is 116 Å². The Morgan fingerprint density at radius 1 is 1.31 bits per heavy atom. The van der Waals surface area contributed by atoms with Crippen LogP contribution in [0.25, 0.3) is 0 Å². The predicted octanol–water partition coefficient (Wildman–Crippen LogP) is 1.52. The highest BCUT2D eigenvalue weighted by atomic mass is 16.5. The summed E-state index contributed by atoms with van der Waals surface area (Å²) in [6, 6.07) is 6.86. The fourth-order valence-corrected chi connectivity index (χ4v) is 2.48. The van der Waals surface area contributed by atoms with Crippen molar-refractivity contribution >= 4 is 17.5 Å². The highest BCUT2D eigenvalue weighted by molar-refractivity contribution is 5.89. The number of aromatic nitrogens is 2. The fourth-order valence-electron chi connectivity index (χ4n) is 2.48. The van der Waals surface area contributed by atoms with Crippen LogP contribution in [0.5, 0.6) is 5.75 Å². The quantitative estimate of drug-likeness (QED) is 0.769. The first-order valence-electron chi connectivity index (χ1n) is 8.33. The maximum Gasteiger partial charge on any atom is 0.316 e. The van der Waals surface area contributed by atoms with Crippen LogP contribution in [0.1, 0.15) is 36.3 Å². The van der Waals surface area contributed by atoms with Crippen LogP contribution in [0.4, 0.5) is 5.69 Å². The standard InChI is InChI=1S/C17H20N4O5/c1-11(22)19-12-4-6-13(7-5-12)25-10-15-20-17(26-21-15)16(23)18-9-14-3-2-8-24-14/h4-7,14H,2-3,8-10H2,1H3,(H,18,23)(H,19,22)/t14-/m1/s1. The maximum absolute atomic E-state index is 12.0. The summed E-state index contributed by atoms with van der Waals surface area (Å²) >= 11 is 0. The molecule has 0 radical (unpaired) electrons. The van der Waals surface area contributed by atoms with Crippen LogP contribution in [0.3, 0.4) is 0 Å². The van der Waals surface area contributed by atoms with E-state index >= 15 is 0 Å². The van der Waals surface area contributed by atoms with Gasteiger partial charge in [-0.15, -0.1) is 0 Å². The van der Waals surface area contributed by atoms with E-state index in [2.05, 4.69) is 20.8 Å². The average molecular weight is 360 g/mol. The van der Waals surface area contributed by atoms with Crippen molar-refractivity contribution in [2.45, 2.75) is 32.5 Å². The van der Waals surface area contributed by atoms with Gasteiger partial charge in [-0.25, -0.2) is 0 Å². The van der Waals surface area contributed by atoms with Crippen molar-refractivity contribution in [2.75, 3.05) is 18.5 Å². The number of amides is 2. The smallest absolute Gasteiger partial charge is 0.316 e. The monoisotopic (exact) mass is 360 g/mol. The second-order valence-electron chi connectivity index (χ2n) is 5.86. The summed E-state index contributed by atoms with van der Waals surface area (Å²) < 4.78 is 15.9. The van der Waals surface area contributed by atoms with Gasteiger partial charge in [0.2, 0.25) is 11.7 Å². The van der Waals surface area contributed by atoms with Crippen LogP contribution in [0.15, 0.2) is 28.8 Å². The molecular formula is C17H20N4O5. The number of hydrogen-bond donors (Lipinski definition) is 2. The van der Waals surface area contributed by atoms with Gasteiger partial charge in [-0.05, 0) is 37.1 Å². The first kappa shape index (κ1) is 17.9. The molecule has 1 aromatic carbocycles. The van der Waals surface area contributed by atoms with Gasteiger partial charge in [-0.3, -0.25) is 9.59 Å². The Kier molecular flexibility index (Phi) is 5.80. The zero-order chi connectivity index (χ0) is 18.4. The van der Waals surface area contributed by atoms with E-state index in [9.17, 15) is 9.59 Å². The number of rotatable bonds is 7. The Hall–Kier alpha value is -2.94. The van der Waals surface area contributed by atoms with Crippen molar-refractivity contribution < 1.29 is 23.6 Å². The van der Waals surface area contributed by atoms with E-state index in [4.69, 9.17) is 14.0 Å². The molecule has 1 saturated heterocycles. The second-order valence-corrected chi connectivity index (χ2v) is 5.86. The van der Waals surface area contributed by atoms with Gasteiger partial charge in [-0.1, -0.05) is 5.16 Å². The van der Waals surface area contributed by atoms with Gasteiger partial charge in [0, 0.05) is 25.8 Å². The molecule has 2 N–H and O–H groups in total. The minimum Gasteiger partial charge on any atom is -0.485 e. The molecule has 9 heteroatoms. The van der Waals surface area contributed by atoms with Gasteiger partial charge in [0.15, 0.2) is 6.61 Å². The summed E-state index contributed by atoms with van der Waals surface area (Å²) in [6.45, 7) is 2.65. The van der Waals surface area contributed by atoms with Crippen molar-refractivity contribution in [2.24, 2.45) is 0 Å². The zero-order valence-electron chi connectivity index (χ0n) is 14.4. The van der Waals surface area contributed by atoms with Crippen molar-refractivity contribution in [3.05, 3.63) is 36.0 Å². The van der Waals surface area contributed by atoms with Crippen LogP contribution < -0.4 is 15.4 Å². The Bertz CT molecular complexity index is 753. The lowest BCUT2D eigenvalue weighted by molar-refractivity contribution is -0.114. The van der Waals surface area contributed by atoms with Crippen LogP contribution in [0.2, 0.25) is 0 Å². The molecule has 138 valence electrons. The molecule has 0 saturated carbocycles. The van der Waals surface area contributed by atoms with Gasteiger partial charge in [0.05, 0.1) is 6.10 Å². The average Bonchev–Trinajstić information content (AvgIpc) is 3.30. The molecule has 1 aliphatic rings. The number of nitrogens with zero attached hydrogens (tertiary/aromatic N) is 2. The SMILES string of the molecule is CC(=O)Nc1ccc(OCc2noc(C(=O)NC[C@H]3CCCO3)n2)cc1.